The van der Waals surface area contributed by atoms with Crippen molar-refractivity contribution in [1.29, 1.82) is 0 Å². The van der Waals surface area contributed by atoms with Gasteiger partial charge in [0.2, 0.25) is 0 Å². The highest BCUT2D eigenvalue weighted by Crippen LogP contribution is 2.24. The molecule has 1 aliphatic heterocycles. The van der Waals surface area contributed by atoms with Gasteiger partial charge in [0, 0.05) is 25.2 Å². The number of anilines is 2. The Morgan fingerprint density at radius 2 is 1.92 bits per heavy atom. The third-order valence-corrected chi connectivity index (χ3v) is 6.45. The highest BCUT2D eigenvalue weighted by molar-refractivity contribution is 7.91. The molecule has 3 rings (SSSR count). The summed E-state index contributed by atoms with van der Waals surface area (Å²) in [6.45, 7) is 7.36. The van der Waals surface area contributed by atoms with Gasteiger partial charge < -0.3 is 10.2 Å². The second kappa shape index (κ2) is 7.61. The summed E-state index contributed by atoms with van der Waals surface area (Å²) < 4.78 is 23.7. The van der Waals surface area contributed by atoms with Crippen molar-refractivity contribution in [2.75, 3.05) is 28.3 Å². The van der Waals surface area contributed by atoms with E-state index in [9.17, 15) is 8.42 Å². The summed E-state index contributed by atoms with van der Waals surface area (Å²) in [5, 5.41) is 3.35. The Hall–Kier alpha value is -2.15. The van der Waals surface area contributed by atoms with Crippen LogP contribution in [0.15, 0.2) is 30.3 Å². The van der Waals surface area contributed by atoms with Crippen LogP contribution in [0.3, 0.4) is 0 Å². The first-order chi connectivity index (χ1) is 12.4. The van der Waals surface area contributed by atoms with Crippen LogP contribution in [0, 0.1) is 13.8 Å². The minimum atomic E-state index is -2.93. The third-order valence-electron chi connectivity index (χ3n) is 4.70. The molecule has 140 valence electrons. The zero-order chi connectivity index (χ0) is 18.7. The van der Waals surface area contributed by atoms with E-state index in [0.29, 0.717) is 25.3 Å². The molecule has 1 unspecified atom stereocenters. The Morgan fingerprint density at radius 1 is 1.19 bits per heavy atom. The molecule has 1 aromatic heterocycles. The highest BCUT2D eigenvalue weighted by atomic mass is 32.2. The van der Waals surface area contributed by atoms with Gasteiger partial charge in [-0.15, -0.1) is 0 Å². The topological polar surface area (TPSA) is 75.2 Å². The van der Waals surface area contributed by atoms with Crippen LogP contribution in [-0.2, 0) is 16.4 Å². The number of nitrogens with one attached hydrogen (secondary N) is 1. The summed E-state index contributed by atoms with van der Waals surface area (Å²) in [5.41, 5.74) is 2.42. The van der Waals surface area contributed by atoms with Gasteiger partial charge in [-0.25, -0.2) is 18.4 Å². The lowest BCUT2D eigenvalue weighted by atomic mass is 10.1. The van der Waals surface area contributed by atoms with Crippen molar-refractivity contribution in [2.24, 2.45) is 0 Å². The van der Waals surface area contributed by atoms with Crippen LogP contribution in [0.2, 0.25) is 0 Å². The fourth-order valence-corrected chi connectivity index (χ4v) is 5.05. The Bertz CT molecular complexity index is 866. The molecule has 0 amide bonds. The van der Waals surface area contributed by atoms with E-state index in [0.717, 1.165) is 11.6 Å². The molecule has 1 aromatic carbocycles. The molecule has 26 heavy (non-hydrogen) atoms. The number of rotatable bonds is 6. The molecule has 0 bridgehead atoms. The van der Waals surface area contributed by atoms with E-state index < -0.39 is 9.84 Å². The van der Waals surface area contributed by atoms with Crippen molar-refractivity contribution < 1.29 is 8.42 Å². The van der Waals surface area contributed by atoms with Gasteiger partial charge in [-0.2, -0.15) is 0 Å². The van der Waals surface area contributed by atoms with E-state index in [-0.39, 0.29) is 17.5 Å². The average Bonchev–Trinajstić information content (AvgIpc) is 2.94. The predicted octanol–water partition coefficient (Wildman–Crippen LogP) is 2.72. The summed E-state index contributed by atoms with van der Waals surface area (Å²) >= 11 is 0. The average molecular weight is 375 g/mol. The van der Waals surface area contributed by atoms with Gasteiger partial charge in [0.15, 0.2) is 9.84 Å². The molecule has 1 aliphatic rings. The van der Waals surface area contributed by atoms with Gasteiger partial charge in [0.05, 0.1) is 11.5 Å². The van der Waals surface area contributed by atoms with Crippen molar-refractivity contribution in [3.63, 3.8) is 0 Å². The van der Waals surface area contributed by atoms with Gasteiger partial charge in [0.25, 0.3) is 0 Å². The zero-order valence-corrected chi connectivity index (χ0v) is 16.4. The molecule has 0 radical (unpaired) electrons. The Morgan fingerprint density at radius 3 is 2.54 bits per heavy atom. The summed E-state index contributed by atoms with van der Waals surface area (Å²) in [7, 11) is -2.93. The fourth-order valence-electron chi connectivity index (χ4n) is 3.32. The number of hydrogen-bond acceptors (Lipinski definition) is 6. The van der Waals surface area contributed by atoms with Crippen LogP contribution in [0.5, 0.6) is 0 Å². The molecular formula is C19H26N4O2S. The second-order valence-electron chi connectivity index (χ2n) is 6.84. The maximum absolute atomic E-state index is 11.8. The molecule has 1 N–H and O–H groups in total. The number of hydrogen-bond donors (Lipinski definition) is 1. The molecule has 0 spiro atoms. The van der Waals surface area contributed by atoms with Crippen LogP contribution in [-0.4, -0.2) is 42.5 Å². The van der Waals surface area contributed by atoms with Crippen molar-refractivity contribution in [3.8, 4) is 0 Å². The Balaban J connectivity index is 1.76. The minimum absolute atomic E-state index is 0.00996. The quantitative estimate of drug-likeness (QED) is 0.838. The van der Waals surface area contributed by atoms with E-state index in [1.807, 2.05) is 19.9 Å². The summed E-state index contributed by atoms with van der Waals surface area (Å²) in [4.78, 5) is 11.1. The predicted molar refractivity (Wildman–Crippen MR) is 105 cm³/mol. The Kier molecular flexibility index (Phi) is 5.46. The molecule has 1 atom stereocenters. The van der Waals surface area contributed by atoms with Crippen LogP contribution < -0.4 is 10.2 Å². The smallest absolute Gasteiger partial charge is 0.152 e. The number of nitrogens with zero attached hydrogens (tertiary/aromatic N) is 3. The monoisotopic (exact) mass is 374 g/mol. The molecule has 1 saturated heterocycles. The first-order valence-corrected chi connectivity index (χ1v) is 10.8. The van der Waals surface area contributed by atoms with Crippen molar-refractivity contribution in [3.05, 3.63) is 47.3 Å². The van der Waals surface area contributed by atoms with E-state index >= 15 is 0 Å². The van der Waals surface area contributed by atoms with E-state index in [1.54, 1.807) is 0 Å². The maximum atomic E-state index is 11.8. The molecular weight excluding hydrogens is 348 g/mol. The minimum Gasteiger partial charge on any atom is -0.366 e. The van der Waals surface area contributed by atoms with E-state index in [4.69, 9.17) is 0 Å². The third kappa shape index (κ3) is 4.52. The molecule has 7 heteroatoms. The lowest BCUT2D eigenvalue weighted by Gasteiger charge is -2.28. The number of benzene rings is 1. The van der Waals surface area contributed by atoms with Crippen molar-refractivity contribution in [2.45, 2.75) is 39.8 Å². The maximum Gasteiger partial charge on any atom is 0.152 e. The normalized spacial score (nSPS) is 18.7. The molecule has 0 aliphatic carbocycles. The first-order valence-electron chi connectivity index (χ1n) is 8.98. The summed E-state index contributed by atoms with van der Waals surface area (Å²) in [5.74, 6) is 2.68. The van der Waals surface area contributed by atoms with Crippen LogP contribution in [0.1, 0.15) is 30.3 Å². The van der Waals surface area contributed by atoms with Gasteiger partial charge >= 0.3 is 0 Å². The molecule has 6 nitrogen and oxygen atoms in total. The van der Waals surface area contributed by atoms with Gasteiger partial charge in [0.1, 0.15) is 17.5 Å². The van der Waals surface area contributed by atoms with Crippen LogP contribution in [0.25, 0.3) is 0 Å². The van der Waals surface area contributed by atoms with Gasteiger partial charge in [-0.1, -0.05) is 29.8 Å². The largest absolute Gasteiger partial charge is 0.366 e. The molecule has 1 fully saturated rings. The summed E-state index contributed by atoms with van der Waals surface area (Å²) in [6, 6.07) is 10.3. The fraction of sp³-hybridized carbons (Fsp3) is 0.474. The molecule has 2 aromatic rings. The number of aryl methyl sites for hydroxylation is 2. The summed E-state index contributed by atoms with van der Waals surface area (Å²) in [6.07, 6.45) is 0.658. The zero-order valence-electron chi connectivity index (χ0n) is 15.6. The van der Waals surface area contributed by atoms with Crippen molar-refractivity contribution in [1.82, 2.24) is 9.97 Å². The second-order valence-corrected chi connectivity index (χ2v) is 9.07. The SMILES string of the molecule is CCN(c1cc(NCc2ccc(C)cc2)nc(C)n1)C1CCS(=O)(=O)C1. The van der Waals surface area contributed by atoms with E-state index in [1.165, 1.54) is 11.1 Å². The number of aromatic nitrogens is 2. The lowest BCUT2D eigenvalue weighted by molar-refractivity contribution is 0.599. The standard InChI is InChI=1S/C19H26N4O2S/c1-4-23(17-9-10-26(24,25)13-17)19-11-18(21-15(3)22-19)20-12-16-7-5-14(2)6-8-16/h5-8,11,17H,4,9-10,12-13H2,1-3H3,(H,20,21,22). The van der Waals surface area contributed by atoms with Gasteiger partial charge in [-0.3, -0.25) is 0 Å². The molecule has 0 saturated carbocycles. The first kappa shape index (κ1) is 18.6. The van der Waals surface area contributed by atoms with Crippen molar-refractivity contribution >= 4 is 21.5 Å². The number of sulfone groups is 1. The van der Waals surface area contributed by atoms with E-state index in [2.05, 4.69) is 51.4 Å². The molecule has 2 heterocycles. The Labute approximate surface area is 155 Å². The van der Waals surface area contributed by atoms with Crippen LogP contribution in [0.4, 0.5) is 11.6 Å². The lowest BCUT2D eigenvalue weighted by Crippen LogP contribution is -2.37. The highest BCUT2D eigenvalue weighted by Gasteiger charge is 2.32. The van der Waals surface area contributed by atoms with Gasteiger partial charge in [-0.05, 0) is 32.8 Å². The van der Waals surface area contributed by atoms with Crippen LogP contribution >= 0.6 is 0 Å².